The number of aromatic nitrogens is 3. The number of aryl methyl sites for hydroxylation is 1. The molecule has 2 aromatic heterocycles. The van der Waals surface area contributed by atoms with Crippen LogP contribution < -0.4 is 11.1 Å². The number of H-pyrrole nitrogens is 1. The van der Waals surface area contributed by atoms with E-state index >= 15 is 0 Å². The van der Waals surface area contributed by atoms with Gasteiger partial charge in [0.2, 0.25) is 0 Å². The van der Waals surface area contributed by atoms with Crippen molar-refractivity contribution in [3.63, 3.8) is 0 Å². The predicted molar refractivity (Wildman–Crippen MR) is 63.4 cm³/mol. The van der Waals surface area contributed by atoms with E-state index in [2.05, 4.69) is 15.0 Å². The summed E-state index contributed by atoms with van der Waals surface area (Å²) in [6, 6.07) is 1.57. The fourth-order valence-electron chi connectivity index (χ4n) is 1.73. The van der Waals surface area contributed by atoms with Crippen LogP contribution in [0.3, 0.4) is 0 Å². The lowest BCUT2D eigenvalue weighted by Gasteiger charge is -2.18. The fourth-order valence-corrected chi connectivity index (χ4v) is 1.73. The molecular formula is C11H11F5N5+. The number of aromatic amines is 1. The van der Waals surface area contributed by atoms with Crippen LogP contribution in [-0.4, -0.2) is 32.9 Å². The second kappa shape index (κ2) is 4.93. The average molecular weight is 308 g/mol. The maximum Gasteiger partial charge on any atom is 0.453 e. The van der Waals surface area contributed by atoms with Crippen LogP contribution in [0.15, 0.2) is 12.3 Å². The second-order valence-electron chi connectivity index (χ2n) is 4.39. The van der Waals surface area contributed by atoms with Crippen LogP contribution in [0, 0.1) is 0 Å². The Hall–Kier alpha value is -2.26. The molecule has 0 amide bonds. The quantitative estimate of drug-likeness (QED) is 0.437. The van der Waals surface area contributed by atoms with Crippen molar-refractivity contribution >= 4 is 16.9 Å². The maximum absolute atomic E-state index is 12.9. The summed E-state index contributed by atoms with van der Waals surface area (Å²) in [5.41, 5.74) is 5.79. The standard InChI is InChI=1S/C11H10F5N5/c12-10(13,11(14,15)16)3-1-6-20-7(8(17)18)5-2-4-19-9(5)21-6/h2,4H,1,3H2,(H3,17,18)(H,19,20,21)/p+1. The van der Waals surface area contributed by atoms with E-state index in [1.165, 1.54) is 6.20 Å². The zero-order valence-electron chi connectivity index (χ0n) is 10.5. The summed E-state index contributed by atoms with van der Waals surface area (Å²) in [6.45, 7) is 0. The first kappa shape index (κ1) is 15.1. The summed E-state index contributed by atoms with van der Waals surface area (Å²) in [7, 11) is 0. The summed E-state index contributed by atoms with van der Waals surface area (Å²) in [4.78, 5) is 10.4. The van der Waals surface area contributed by atoms with E-state index in [1.54, 1.807) is 6.07 Å². The van der Waals surface area contributed by atoms with Gasteiger partial charge in [-0.15, -0.1) is 0 Å². The van der Waals surface area contributed by atoms with Gasteiger partial charge in [-0.3, -0.25) is 11.1 Å². The number of hydrogen-bond donors (Lipinski definition) is 3. The van der Waals surface area contributed by atoms with Crippen LogP contribution in [0.25, 0.3) is 11.0 Å². The van der Waals surface area contributed by atoms with Crippen molar-refractivity contribution in [3.05, 3.63) is 23.8 Å². The number of hydrogen-bond acceptors (Lipinski definition) is 2. The van der Waals surface area contributed by atoms with Gasteiger partial charge in [-0.1, -0.05) is 0 Å². The summed E-state index contributed by atoms with van der Waals surface area (Å²) >= 11 is 0. The minimum Gasteiger partial charge on any atom is -0.346 e. The third-order valence-electron chi connectivity index (χ3n) is 2.81. The molecule has 0 aliphatic carbocycles. The van der Waals surface area contributed by atoms with E-state index in [4.69, 9.17) is 11.1 Å². The van der Waals surface area contributed by atoms with Gasteiger partial charge in [-0.05, 0) is 6.07 Å². The molecule has 5 nitrogen and oxygen atoms in total. The van der Waals surface area contributed by atoms with Gasteiger partial charge in [0.15, 0.2) is 5.69 Å². The summed E-state index contributed by atoms with van der Waals surface area (Å²) in [6.07, 6.45) is -6.22. The molecule has 0 fully saturated rings. The molecule has 0 saturated carbocycles. The van der Waals surface area contributed by atoms with Gasteiger partial charge in [-0.25, -0.2) is 9.97 Å². The zero-order chi connectivity index (χ0) is 15.8. The fraction of sp³-hybridized carbons (Fsp3) is 0.364. The van der Waals surface area contributed by atoms with Crippen LogP contribution in [0.1, 0.15) is 17.9 Å². The normalized spacial score (nSPS) is 12.8. The molecule has 0 bridgehead atoms. The Morgan fingerprint density at radius 2 is 1.90 bits per heavy atom. The SMILES string of the molecule is NC(=[NH2+])c1nc(CCC(F)(F)C(F)(F)F)nc2[nH]ccc12. The van der Waals surface area contributed by atoms with Gasteiger partial charge in [0.25, 0.3) is 5.84 Å². The number of fused-ring (bicyclic) bond motifs is 1. The molecule has 10 heteroatoms. The first-order chi connectivity index (χ1) is 9.62. The Labute approximate surface area is 114 Å². The van der Waals surface area contributed by atoms with Gasteiger partial charge in [0.1, 0.15) is 11.5 Å². The number of halogens is 5. The Balaban J connectivity index is 2.29. The van der Waals surface area contributed by atoms with Crippen LogP contribution in [-0.2, 0) is 6.42 Å². The summed E-state index contributed by atoms with van der Waals surface area (Å²) in [5, 5.41) is 5.88. The van der Waals surface area contributed by atoms with Crippen molar-refractivity contribution < 1.29 is 27.4 Å². The highest BCUT2D eigenvalue weighted by Gasteiger charge is 2.56. The number of alkyl halides is 5. The van der Waals surface area contributed by atoms with Crippen LogP contribution in [0.5, 0.6) is 0 Å². The Morgan fingerprint density at radius 1 is 1.24 bits per heavy atom. The lowest BCUT2D eigenvalue weighted by molar-refractivity contribution is -0.284. The second-order valence-corrected chi connectivity index (χ2v) is 4.39. The van der Waals surface area contributed by atoms with Crippen molar-refractivity contribution in [1.82, 2.24) is 15.0 Å². The Morgan fingerprint density at radius 3 is 2.48 bits per heavy atom. The van der Waals surface area contributed by atoms with Crippen molar-refractivity contribution in [3.8, 4) is 0 Å². The topological polar surface area (TPSA) is 93.2 Å². The molecule has 0 aromatic carbocycles. The van der Waals surface area contributed by atoms with E-state index in [0.717, 1.165) is 0 Å². The first-order valence-electron chi connectivity index (χ1n) is 5.78. The van der Waals surface area contributed by atoms with Crippen LogP contribution in [0.2, 0.25) is 0 Å². The highest BCUT2D eigenvalue weighted by atomic mass is 19.4. The zero-order valence-corrected chi connectivity index (χ0v) is 10.5. The van der Waals surface area contributed by atoms with Crippen molar-refractivity contribution in [2.75, 3.05) is 0 Å². The molecule has 0 aliphatic heterocycles. The molecule has 114 valence electrons. The summed E-state index contributed by atoms with van der Waals surface area (Å²) < 4.78 is 62.1. The number of rotatable bonds is 4. The predicted octanol–water partition coefficient (Wildman–Crippen LogP) is 0.552. The van der Waals surface area contributed by atoms with E-state index in [1.807, 2.05) is 0 Å². The lowest BCUT2D eigenvalue weighted by Crippen LogP contribution is -2.47. The molecule has 0 atom stereocenters. The molecule has 2 heterocycles. The lowest BCUT2D eigenvalue weighted by atomic mass is 10.1. The number of nitrogens with one attached hydrogen (secondary N) is 1. The van der Waals surface area contributed by atoms with Crippen molar-refractivity contribution in [1.29, 1.82) is 0 Å². The summed E-state index contributed by atoms with van der Waals surface area (Å²) in [5.74, 6) is -5.18. The first-order valence-corrected chi connectivity index (χ1v) is 5.78. The Kier molecular flexibility index (Phi) is 3.56. The third-order valence-corrected chi connectivity index (χ3v) is 2.81. The van der Waals surface area contributed by atoms with Gasteiger partial charge >= 0.3 is 12.1 Å². The van der Waals surface area contributed by atoms with Gasteiger partial charge in [0, 0.05) is 19.0 Å². The highest BCUT2D eigenvalue weighted by Crippen LogP contribution is 2.38. The minimum absolute atomic E-state index is 0.103. The van der Waals surface area contributed by atoms with Crippen molar-refractivity contribution in [2.45, 2.75) is 24.9 Å². The van der Waals surface area contributed by atoms with Gasteiger partial charge in [-0.2, -0.15) is 22.0 Å². The molecule has 2 rings (SSSR count). The van der Waals surface area contributed by atoms with Crippen LogP contribution in [0.4, 0.5) is 22.0 Å². The van der Waals surface area contributed by atoms with E-state index in [0.29, 0.717) is 5.39 Å². The number of nitrogens with zero attached hydrogens (tertiary/aromatic N) is 2. The number of nitrogens with two attached hydrogens (primary N) is 2. The molecule has 0 radical (unpaired) electrons. The minimum atomic E-state index is -5.61. The Bertz CT molecular complexity index is 675. The van der Waals surface area contributed by atoms with Crippen molar-refractivity contribution in [2.24, 2.45) is 5.73 Å². The molecule has 2 aromatic rings. The average Bonchev–Trinajstić information content (AvgIpc) is 2.81. The van der Waals surface area contributed by atoms with E-state index in [9.17, 15) is 22.0 Å². The monoisotopic (exact) mass is 308 g/mol. The molecule has 0 spiro atoms. The molecule has 0 saturated heterocycles. The molecule has 0 unspecified atom stereocenters. The van der Waals surface area contributed by atoms with Gasteiger partial charge < -0.3 is 4.98 Å². The third kappa shape index (κ3) is 2.93. The highest BCUT2D eigenvalue weighted by molar-refractivity contribution is 6.02. The largest absolute Gasteiger partial charge is 0.453 e. The van der Waals surface area contributed by atoms with Crippen LogP contribution >= 0.6 is 0 Å². The number of amidine groups is 1. The molecular weight excluding hydrogens is 297 g/mol. The van der Waals surface area contributed by atoms with Gasteiger partial charge in [0.05, 0.1) is 5.39 Å². The smallest absolute Gasteiger partial charge is 0.346 e. The van der Waals surface area contributed by atoms with E-state index in [-0.39, 0.29) is 23.0 Å². The molecule has 21 heavy (non-hydrogen) atoms. The molecule has 5 N–H and O–H groups in total. The van der Waals surface area contributed by atoms with E-state index < -0.39 is 24.9 Å². The maximum atomic E-state index is 12.9. The molecule has 0 aliphatic rings.